The lowest BCUT2D eigenvalue weighted by atomic mass is 10.1. The number of halogens is 1. The number of carboxylic acid groups (broad SMARTS) is 1. The van der Waals surface area contributed by atoms with Crippen molar-refractivity contribution in [3.63, 3.8) is 0 Å². The summed E-state index contributed by atoms with van der Waals surface area (Å²) in [4.78, 5) is 29.4. The number of carbonyl (C=O) groups is 2. The number of aromatic carboxylic acids is 1. The lowest BCUT2D eigenvalue weighted by Gasteiger charge is -2.12. The average Bonchev–Trinajstić information content (AvgIpc) is 3.07. The molecule has 0 N–H and O–H groups in total. The van der Waals surface area contributed by atoms with Gasteiger partial charge in [-0.15, -0.1) is 0 Å². The number of nitrogens with zero attached hydrogens (tertiary/aromatic N) is 2. The van der Waals surface area contributed by atoms with Crippen LogP contribution in [0.3, 0.4) is 0 Å². The highest BCUT2D eigenvalue weighted by Gasteiger charge is 2.21. The van der Waals surface area contributed by atoms with E-state index in [1.54, 1.807) is 18.2 Å². The number of imidazole rings is 1. The first kappa shape index (κ1) is 17.2. The molecule has 0 amide bonds. The molecule has 3 aromatic carbocycles. The lowest BCUT2D eigenvalue weighted by molar-refractivity contribution is -0.255. The fourth-order valence-corrected chi connectivity index (χ4v) is 3.42. The van der Waals surface area contributed by atoms with Gasteiger partial charge >= 0.3 is 0 Å². The second-order valence-corrected chi connectivity index (χ2v) is 6.82. The van der Waals surface area contributed by atoms with Crippen molar-refractivity contribution < 1.29 is 14.7 Å². The van der Waals surface area contributed by atoms with Crippen LogP contribution < -0.4 is 5.11 Å². The maximum Gasteiger partial charge on any atom is 0.264 e. The molecule has 0 aliphatic carbocycles. The SMILES string of the molecule is O=C([O-])c1ccccc1C(=O)n1c(-c2cccc(Br)c2)nc2ccccc21. The molecule has 0 aliphatic heterocycles. The molecule has 6 heteroatoms. The van der Waals surface area contributed by atoms with E-state index in [2.05, 4.69) is 20.9 Å². The number of rotatable bonds is 3. The third-order valence-electron chi connectivity index (χ3n) is 4.22. The van der Waals surface area contributed by atoms with E-state index in [1.165, 1.54) is 16.7 Å². The molecule has 27 heavy (non-hydrogen) atoms. The van der Waals surface area contributed by atoms with E-state index in [0.717, 1.165) is 10.0 Å². The Labute approximate surface area is 163 Å². The van der Waals surface area contributed by atoms with E-state index in [9.17, 15) is 14.7 Å². The number of para-hydroxylation sites is 2. The van der Waals surface area contributed by atoms with Gasteiger partial charge in [0.2, 0.25) is 0 Å². The topological polar surface area (TPSA) is 75.0 Å². The average molecular weight is 420 g/mol. The predicted molar refractivity (Wildman–Crippen MR) is 103 cm³/mol. The third kappa shape index (κ3) is 3.04. The highest BCUT2D eigenvalue weighted by atomic mass is 79.9. The van der Waals surface area contributed by atoms with Gasteiger partial charge in [0.25, 0.3) is 5.91 Å². The Bertz CT molecular complexity index is 1200. The molecule has 5 nitrogen and oxygen atoms in total. The molecular formula is C21H12BrN2O3-. The summed E-state index contributed by atoms with van der Waals surface area (Å²) in [5.41, 5.74) is 1.88. The van der Waals surface area contributed by atoms with Crippen LogP contribution in [0.15, 0.2) is 77.3 Å². The standard InChI is InChI=1S/C21H13BrN2O3/c22-14-7-5-6-13(12-14)19-23-17-10-3-4-11-18(17)24(19)20(25)15-8-1-2-9-16(15)21(26)27/h1-12H,(H,26,27)/p-1. The highest BCUT2D eigenvalue weighted by molar-refractivity contribution is 9.10. The van der Waals surface area contributed by atoms with Crippen LogP contribution >= 0.6 is 15.9 Å². The van der Waals surface area contributed by atoms with E-state index in [1.807, 2.05) is 42.5 Å². The molecule has 0 fully saturated rings. The van der Waals surface area contributed by atoms with Crippen molar-refractivity contribution >= 4 is 38.8 Å². The van der Waals surface area contributed by atoms with Gasteiger partial charge < -0.3 is 9.90 Å². The number of carboxylic acids is 1. The fourth-order valence-electron chi connectivity index (χ4n) is 3.02. The van der Waals surface area contributed by atoms with Crippen LogP contribution in [0.2, 0.25) is 0 Å². The Morgan fingerprint density at radius 3 is 2.33 bits per heavy atom. The fraction of sp³-hybridized carbons (Fsp3) is 0. The van der Waals surface area contributed by atoms with Crippen molar-refractivity contribution in [1.82, 2.24) is 9.55 Å². The zero-order chi connectivity index (χ0) is 19.0. The van der Waals surface area contributed by atoms with Crippen molar-refractivity contribution in [2.75, 3.05) is 0 Å². The number of fused-ring (bicyclic) bond motifs is 1. The third-order valence-corrected chi connectivity index (χ3v) is 4.72. The molecule has 1 heterocycles. The van der Waals surface area contributed by atoms with E-state index >= 15 is 0 Å². The Morgan fingerprint density at radius 2 is 1.59 bits per heavy atom. The zero-order valence-electron chi connectivity index (χ0n) is 13.9. The van der Waals surface area contributed by atoms with Crippen LogP contribution in [0.4, 0.5) is 0 Å². The maximum atomic E-state index is 13.3. The first-order chi connectivity index (χ1) is 13.1. The van der Waals surface area contributed by atoms with Crippen molar-refractivity contribution in [3.8, 4) is 11.4 Å². The van der Waals surface area contributed by atoms with Gasteiger partial charge in [-0.1, -0.05) is 58.4 Å². The normalized spacial score (nSPS) is 10.9. The van der Waals surface area contributed by atoms with Crippen LogP contribution in [-0.2, 0) is 0 Å². The number of benzene rings is 3. The summed E-state index contributed by atoms with van der Waals surface area (Å²) in [6.45, 7) is 0. The summed E-state index contributed by atoms with van der Waals surface area (Å²) in [6.07, 6.45) is 0. The van der Waals surface area contributed by atoms with Crippen molar-refractivity contribution in [1.29, 1.82) is 0 Å². The second-order valence-electron chi connectivity index (χ2n) is 5.91. The Morgan fingerprint density at radius 1 is 0.889 bits per heavy atom. The van der Waals surface area contributed by atoms with E-state index < -0.39 is 11.9 Å². The minimum atomic E-state index is -1.40. The molecule has 0 bridgehead atoms. The largest absolute Gasteiger partial charge is 0.545 e. The molecular weight excluding hydrogens is 408 g/mol. The van der Waals surface area contributed by atoms with Crippen LogP contribution in [0, 0.1) is 0 Å². The molecule has 132 valence electrons. The molecule has 4 rings (SSSR count). The van der Waals surface area contributed by atoms with Gasteiger partial charge in [-0.25, -0.2) is 4.98 Å². The molecule has 0 aliphatic rings. The smallest absolute Gasteiger partial charge is 0.264 e. The van der Waals surface area contributed by atoms with Gasteiger partial charge in [0.15, 0.2) is 0 Å². The Kier molecular flexibility index (Phi) is 4.33. The predicted octanol–water partition coefficient (Wildman–Crippen LogP) is 3.52. The molecule has 0 unspecified atom stereocenters. The Hall–Kier alpha value is -3.25. The summed E-state index contributed by atoms with van der Waals surface area (Å²) in [7, 11) is 0. The maximum absolute atomic E-state index is 13.3. The summed E-state index contributed by atoms with van der Waals surface area (Å²) < 4.78 is 2.29. The number of hydrogen-bond donors (Lipinski definition) is 0. The number of carbonyl (C=O) groups excluding carboxylic acids is 2. The molecule has 0 atom stereocenters. The molecule has 1 aromatic heterocycles. The minimum absolute atomic E-state index is 0.0527. The summed E-state index contributed by atoms with van der Waals surface area (Å²) >= 11 is 3.43. The zero-order valence-corrected chi connectivity index (χ0v) is 15.5. The molecule has 0 saturated carbocycles. The number of aromatic nitrogens is 2. The molecule has 4 aromatic rings. The Balaban J connectivity index is 2.00. The van der Waals surface area contributed by atoms with Crippen molar-refractivity contribution in [2.24, 2.45) is 0 Å². The van der Waals surface area contributed by atoms with Gasteiger partial charge in [-0.3, -0.25) is 9.36 Å². The van der Waals surface area contributed by atoms with Crippen molar-refractivity contribution in [2.45, 2.75) is 0 Å². The van der Waals surface area contributed by atoms with E-state index in [-0.39, 0.29) is 11.1 Å². The van der Waals surface area contributed by atoms with Gasteiger partial charge in [0, 0.05) is 21.2 Å². The van der Waals surface area contributed by atoms with Gasteiger partial charge in [0.1, 0.15) is 5.82 Å². The van der Waals surface area contributed by atoms with Gasteiger partial charge in [0.05, 0.1) is 17.0 Å². The van der Waals surface area contributed by atoms with Gasteiger partial charge in [-0.2, -0.15) is 0 Å². The summed E-state index contributed by atoms with van der Waals surface area (Å²) in [5, 5.41) is 11.5. The molecule has 0 spiro atoms. The quantitative estimate of drug-likeness (QED) is 0.509. The monoisotopic (exact) mass is 419 g/mol. The second kappa shape index (κ2) is 6.81. The van der Waals surface area contributed by atoms with Crippen LogP contribution in [-0.4, -0.2) is 21.4 Å². The first-order valence-corrected chi connectivity index (χ1v) is 8.94. The first-order valence-electron chi connectivity index (χ1n) is 8.15. The van der Waals surface area contributed by atoms with Crippen LogP contribution in [0.5, 0.6) is 0 Å². The van der Waals surface area contributed by atoms with E-state index in [0.29, 0.717) is 16.9 Å². The minimum Gasteiger partial charge on any atom is -0.545 e. The lowest BCUT2D eigenvalue weighted by Crippen LogP contribution is -2.26. The van der Waals surface area contributed by atoms with Gasteiger partial charge in [-0.05, 0) is 30.3 Å². The highest BCUT2D eigenvalue weighted by Crippen LogP contribution is 2.28. The summed E-state index contributed by atoms with van der Waals surface area (Å²) in [5.74, 6) is -1.43. The van der Waals surface area contributed by atoms with Crippen LogP contribution in [0.1, 0.15) is 20.7 Å². The van der Waals surface area contributed by atoms with E-state index in [4.69, 9.17) is 0 Å². The molecule has 0 saturated heterocycles. The number of hydrogen-bond acceptors (Lipinski definition) is 4. The summed E-state index contributed by atoms with van der Waals surface area (Å²) in [6, 6.07) is 20.7. The van der Waals surface area contributed by atoms with Crippen LogP contribution in [0.25, 0.3) is 22.4 Å². The van der Waals surface area contributed by atoms with Crippen molar-refractivity contribution in [3.05, 3.63) is 88.4 Å². The molecule has 0 radical (unpaired) electrons.